The number of nitrogens with zero attached hydrogens (tertiary/aromatic N) is 3. The normalized spacial score (nSPS) is 10.8. The van der Waals surface area contributed by atoms with Crippen LogP contribution in [0.15, 0.2) is 66.9 Å². The predicted octanol–water partition coefficient (Wildman–Crippen LogP) is 4.78. The lowest BCUT2D eigenvalue weighted by molar-refractivity contribution is 0.138. The van der Waals surface area contributed by atoms with E-state index < -0.39 is 12.2 Å². The maximum absolute atomic E-state index is 12.8. The molecule has 2 aromatic carbocycles. The van der Waals surface area contributed by atoms with Crippen molar-refractivity contribution in [2.24, 2.45) is 0 Å². The molecule has 2 heterocycles. The van der Waals surface area contributed by atoms with Gasteiger partial charge in [0.2, 0.25) is 0 Å². The number of carbonyl (C=O) groups is 2. The van der Waals surface area contributed by atoms with Gasteiger partial charge in [-0.25, -0.2) is 20.0 Å². The number of nitrogens with one attached hydrogen (secondary N) is 1. The Morgan fingerprint density at radius 1 is 0.968 bits per heavy atom. The Hall–Kier alpha value is -4.07. The number of benzene rings is 2. The monoisotopic (exact) mass is 418 g/mol. The molecule has 0 aliphatic carbocycles. The van der Waals surface area contributed by atoms with Gasteiger partial charge in [0.25, 0.3) is 0 Å². The molecule has 1 N–H and O–H groups in total. The molecule has 0 aliphatic heterocycles. The molecule has 8 nitrogen and oxygen atoms in total. The maximum atomic E-state index is 12.8. The van der Waals surface area contributed by atoms with Crippen LogP contribution < -0.4 is 10.4 Å². The topological polar surface area (TPSA) is 85.2 Å². The fraction of sp³-hybridized carbons (Fsp3) is 0.174. The molecule has 0 unspecified atom stereocenters. The standard InChI is InChI=1S/C23H22N4O4/c1-3-30-22(28)25-27(23(29)31-4-2)21-20(24-19-11-7-8-14-26(19)21)18-13-12-16-9-5-6-10-17(16)15-18/h5-15H,3-4H2,1-2H3,(H,25,28). The van der Waals surface area contributed by atoms with Gasteiger partial charge in [-0.3, -0.25) is 4.40 Å². The first-order valence-corrected chi connectivity index (χ1v) is 9.99. The van der Waals surface area contributed by atoms with Gasteiger partial charge >= 0.3 is 12.2 Å². The Labute approximate surface area is 179 Å². The van der Waals surface area contributed by atoms with E-state index in [1.165, 1.54) is 0 Å². The van der Waals surface area contributed by atoms with Crippen LogP contribution in [-0.4, -0.2) is 34.8 Å². The number of hydrogen-bond donors (Lipinski definition) is 1. The van der Waals surface area contributed by atoms with E-state index in [0.717, 1.165) is 21.3 Å². The van der Waals surface area contributed by atoms with E-state index in [0.29, 0.717) is 17.2 Å². The number of hydrogen-bond acceptors (Lipinski definition) is 5. The minimum absolute atomic E-state index is 0.141. The Kier molecular flexibility index (Phi) is 5.70. The van der Waals surface area contributed by atoms with Gasteiger partial charge in [0.1, 0.15) is 11.3 Å². The first-order valence-electron chi connectivity index (χ1n) is 9.99. The minimum Gasteiger partial charge on any atom is -0.449 e. The molecular formula is C23H22N4O4. The van der Waals surface area contributed by atoms with Gasteiger partial charge in [-0.1, -0.05) is 42.5 Å². The Balaban J connectivity index is 1.91. The molecule has 31 heavy (non-hydrogen) atoms. The summed E-state index contributed by atoms with van der Waals surface area (Å²) in [6.07, 6.45) is 0.246. The Bertz CT molecular complexity index is 1250. The third-order valence-electron chi connectivity index (χ3n) is 4.67. The van der Waals surface area contributed by atoms with Crippen LogP contribution in [0.3, 0.4) is 0 Å². The van der Waals surface area contributed by atoms with Crippen molar-refractivity contribution in [2.45, 2.75) is 13.8 Å². The molecule has 0 aliphatic rings. The second-order valence-electron chi connectivity index (χ2n) is 6.64. The van der Waals surface area contributed by atoms with E-state index in [1.54, 1.807) is 24.4 Å². The Morgan fingerprint density at radius 3 is 2.48 bits per heavy atom. The van der Waals surface area contributed by atoms with Crippen molar-refractivity contribution in [3.8, 4) is 11.3 Å². The van der Waals surface area contributed by atoms with Crippen molar-refractivity contribution in [3.63, 3.8) is 0 Å². The summed E-state index contributed by atoms with van der Waals surface area (Å²) in [6, 6.07) is 19.4. The van der Waals surface area contributed by atoms with Crippen LogP contribution in [0.25, 0.3) is 27.7 Å². The van der Waals surface area contributed by atoms with Gasteiger partial charge < -0.3 is 9.47 Å². The summed E-state index contributed by atoms with van der Waals surface area (Å²) in [5.41, 5.74) is 4.40. The van der Waals surface area contributed by atoms with Crippen LogP contribution in [0, 0.1) is 0 Å². The highest BCUT2D eigenvalue weighted by molar-refractivity contribution is 5.96. The quantitative estimate of drug-likeness (QED) is 0.482. The zero-order valence-electron chi connectivity index (χ0n) is 17.2. The number of aromatic nitrogens is 2. The van der Waals surface area contributed by atoms with E-state index in [-0.39, 0.29) is 13.2 Å². The van der Waals surface area contributed by atoms with Crippen molar-refractivity contribution in [2.75, 3.05) is 18.2 Å². The minimum atomic E-state index is -0.772. The fourth-order valence-corrected chi connectivity index (χ4v) is 3.35. The molecule has 158 valence electrons. The zero-order chi connectivity index (χ0) is 21.8. The van der Waals surface area contributed by atoms with Gasteiger partial charge in [0.05, 0.1) is 13.2 Å². The predicted molar refractivity (Wildman–Crippen MR) is 118 cm³/mol. The third-order valence-corrected chi connectivity index (χ3v) is 4.67. The second kappa shape index (κ2) is 8.74. The molecule has 0 radical (unpaired) electrons. The van der Waals surface area contributed by atoms with Crippen molar-refractivity contribution >= 4 is 34.4 Å². The average molecular weight is 418 g/mol. The molecule has 0 spiro atoms. The fourth-order valence-electron chi connectivity index (χ4n) is 3.35. The molecule has 4 aromatic rings. The summed E-state index contributed by atoms with van der Waals surface area (Å²) in [7, 11) is 0. The number of imidazole rings is 1. The smallest absolute Gasteiger partial charge is 0.435 e. The number of anilines is 1. The highest BCUT2D eigenvalue weighted by atomic mass is 16.6. The van der Waals surface area contributed by atoms with Crippen molar-refractivity contribution < 1.29 is 19.1 Å². The van der Waals surface area contributed by atoms with Crippen molar-refractivity contribution in [1.82, 2.24) is 14.8 Å². The summed E-state index contributed by atoms with van der Waals surface area (Å²) >= 11 is 0. The average Bonchev–Trinajstić information content (AvgIpc) is 3.17. The molecule has 0 bridgehead atoms. The zero-order valence-corrected chi connectivity index (χ0v) is 17.2. The molecule has 0 saturated heterocycles. The van der Waals surface area contributed by atoms with E-state index in [9.17, 15) is 9.59 Å². The summed E-state index contributed by atoms with van der Waals surface area (Å²) in [4.78, 5) is 29.7. The van der Waals surface area contributed by atoms with Crippen molar-refractivity contribution in [1.29, 1.82) is 0 Å². The van der Waals surface area contributed by atoms with Gasteiger partial charge in [-0.2, -0.15) is 5.01 Å². The van der Waals surface area contributed by atoms with Crippen LogP contribution >= 0.6 is 0 Å². The van der Waals surface area contributed by atoms with Gasteiger partial charge in [-0.15, -0.1) is 0 Å². The SMILES string of the molecule is CCOC(=O)NN(C(=O)OCC)c1c(-c2ccc3ccccc3c2)nc2ccccn12. The van der Waals surface area contributed by atoms with E-state index >= 15 is 0 Å². The second-order valence-corrected chi connectivity index (χ2v) is 6.64. The van der Waals surface area contributed by atoms with Crippen LogP contribution in [0.1, 0.15) is 13.8 Å². The molecule has 0 atom stereocenters. The van der Waals surface area contributed by atoms with Crippen LogP contribution in [-0.2, 0) is 9.47 Å². The summed E-state index contributed by atoms with van der Waals surface area (Å²) in [5.74, 6) is 0.345. The summed E-state index contributed by atoms with van der Waals surface area (Å²) < 4.78 is 11.9. The molecule has 0 saturated carbocycles. The van der Waals surface area contributed by atoms with Gasteiger partial charge in [-0.05, 0) is 42.8 Å². The number of hydrazine groups is 1. The lowest BCUT2D eigenvalue weighted by Gasteiger charge is -2.22. The number of rotatable bonds is 4. The van der Waals surface area contributed by atoms with Crippen LogP contribution in [0.5, 0.6) is 0 Å². The highest BCUT2D eigenvalue weighted by Gasteiger charge is 2.28. The molecular weight excluding hydrogens is 396 g/mol. The van der Waals surface area contributed by atoms with E-state index in [2.05, 4.69) is 5.43 Å². The molecule has 0 fully saturated rings. The van der Waals surface area contributed by atoms with E-state index in [1.807, 2.05) is 60.7 Å². The maximum Gasteiger partial charge on any atom is 0.435 e. The molecule has 8 heteroatoms. The molecule has 2 amide bonds. The summed E-state index contributed by atoms with van der Waals surface area (Å²) in [5, 5.41) is 3.15. The number of fused-ring (bicyclic) bond motifs is 2. The van der Waals surface area contributed by atoms with Crippen LogP contribution in [0.4, 0.5) is 15.4 Å². The Morgan fingerprint density at radius 2 is 1.71 bits per heavy atom. The van der Waals surface area contributed by atoms with Crippen molar-refractivity contribution in [3.05, 3.63) is 66.9 Å². The number of ether oxygens (including phenoxy) is 2. The highest BCUT2D eigenvalue weighted by Crippen LogP contribution is 2.33. The number of amides is 2. The third kappa shape index (κ3) is 4.00. The lowest BCUT2D eigenvalue weighted by Crippen LogP contribution is -2.47. The van der Waals surface area contributed by atoms with Gasteiger partial charge in [0.15, 0.2) is 5.82 Å². The molecule has 2 aromatic heterocycles. The lowest BCUT2D eigenvalue weighted by atomic mass is 10.1. The first kappa shape index (κ1) is 20.2. The van der Waals surface area contributed by atoms with Crippen LogP contribution in [0.2, 0.25) is 0 Å². The first-order chi connectivity index (χ1) is 15.1. The number of carbonyl (C=O) groups excluding carboxylic acids is 2. The summed E-state index contributed by atoms with van der Waals surface area (Å²) in [6.45, 7) is 3.68. The number of pyridine rings is 1. The largest absolute Gasteiger partial charge is 0.449 e. The van der Waals surface area contributed by atoms with E-state index in [4.69, 9.17) is 14.5 Å². The molecule has 4 rings (SSSR count). The van der Waals surface area contributed by atoms with Gasteiger partial charge in [0, 0.05) is 11.8 Å².